The van der Waals surface area contributed by atoms with E-state index in [1.807, 2.05) is 0 Å². The predicted octanol–water partition coefficient (Wildman–Crippen LogP) is 25.1. The van der Waals surface area contributed by atoms with Crippen LogP contribution in [0.5, 0.6) is 0 Å². The molecule has 0 aromatic carbocycles. The second-order valence-corrected chi connectivity index (χ2v) is 24.5. The molecular weight excluding hydrogens is 1010 g/mol. The average Bonchev–Trinajstić information content (AvgIpc) is 3.47. The number of hydrogen-bond acceptors (Lipinski definition) is 6. The Hall–Kier alpha value is -2.89. The van der Waals surface area contributed by atoms with Crippen LogP contribution in [0.3, 0.4) is 0 Å². The predicted molar refractivity (Wildman–Crippen MR) is 358 cm³/mol. The van der Waals surface area contributed by atoms with Gasteiger partial charge in [0.15, 0.2) is 6.10 Å². The van der Waals surface area contributed by atoms with Crippen LogP contribution in [0.4, 0.5) is 0 Å². The van der Waals surface area contributed by atoms with Gasteiger partial charge in [0.25, 0.3) is 0 Å². The molecule has 0 spiro atoms. The number of rotatable bonds is 67. The monoisotopic (exact) mass is 1150 g/mol. The molecule has 0 radical (unpaired) electrons. The van der Waals surface area contributed by atoms with Crippen molar-refractivity contribution in [2.75, 3.05) is 13.2 Å². The van der Waals surface area contributed by atoms with Crippen LogP contribution >= 0.6 is 0 Å². The van der Waals surface area contributed by atoms with Crippen LogP contribution in [0.25, 0.3) is 0 Å². The largest absolute Gasteiger partial charge is 0.462 e. The number of carbonyl (C=O) groups is 3. The fraction of sp³-hybridized carbons (Fsp3) is 0.829. The Morgan fingerprint density at radius 3 is 0.720 bits per heavy atom. The smallest absolute Gasteiger partial charge is 0.306 e. The fourth-order valence-corrected chi connectivity index (χ4v) is 10.7. The van der Waals surface area contributed by atoms with E-state index in [-0.39, 0.29) is 31.1 Å². The minimum Gasteiger partial charge on any atom is -0.462 e. The van der Waals surface area contributed by atoms with Crippen LogP contribution in [0.15, 0.2) is 60.8 Å². The highest BCUT2D eigenvalue weighted by atomic mass is 16.6. The van der Waals surface area contributed by atoms with E-state index in [0.29, 0.717) is 19.3 Å². The molecule has 478 valence electrons. The lowest BCUT2D eigenvalue weighted by atomic mass is 10.0. The van der Waals surface area contributed by atoms with Crippen molar-refractivity contribution in [3.63, 3.8) is 0 Å². The molecule has 0 amide bonds. The molecule has 0 aromatic heterocycles. The number of esters is 3. The van der Waals surface area contributed by atoms with Crippen LogP contribution in [-0.4, -0.2) is 37.2 Å². The normalized spacial score (nSPS) is 12.4. The minimum absolute atomic E-state index is 0.0768. The average molecular weight is 1150 g/mol. The van der Waals surface area contributed by atoms with Crippen LogP contribution in [0.2, 0.25) is 0 Å². The molecule has 0 bridgehead atoms. The highest BCUT2D eigenvalue weighted by Gasteiger charge is 2.19. The zero-order chi connectivity index (χ0) is 59.2. The SMILES string of the molecule is CCCCC/C=C\C/C=C\CCCCCCCCCC(=O)OCC(COC(=O)CCCCCCCCCCCCCCCCCCC/C=C\CCCCCCCCCC)OC(=O)CCCCCCCCC/C=C\C/C=C\CCCCCC. The van der Waals surface area contributed by atoms with Gasteiger partial charge in [0.1, 0.15) is 13.2 Å². The number of unbranched alkanes of at least 4 members (excludes halogenated alkanes) is 46. The summed E-state index contributed by atoms with van der Waals surface area (Å²) in [5, 5.41) is 0. The standard InChI is InChI=1S/C76H138O6/c1-4-7-10-13-16-19-22-25-28-31-33-34-35-36-37-38-39-40-41-42-43-46-48-51-54-57-60-63-66-69-75(78)81-72-73(71-80-74(77)68-65-62-59-56-53-50-47-44-30-27-24-21-18-15-12-9-6-3)82-76(79)70-67-64-61-58-55-52-49-45-32-29-26-23-20-17-14-11-8-5-2/h18,20-21,23,27,29-33,73H,4-17,19,22,24-26,28,34-72H2,1-3H3/b21-18-,23-20-,30-27-,32-29-,33-31-. The topological polar surface area (TPSA) is 78.9 Å². The van der Waals surface area contributed by atoms with Gasteiger partial charge in [-0.15, -0.1) is 0 Å². The summed E-state index contributed by atoms with van der Waals surface area (Å²) in [4.78, 5) is 38.5. The Morgan fingerprint density at radius 1 is 0.244 bits per heavy atom. The van der Waals surface area contributed by atoms with E-state index in [1.54, 1.807) is 0 Å². The molecule has 0 saturated heterocycles. The van der Waals surface area contributed by atoms with Gasteiger partial charge in [-0.25, -0.2) is 0 Å². The van der Waals surface area contributed by atoms with Gasteiger partial charge >= 0.3 is 17.9 Å². The molecule has 0 aliphatic rings. The zero-order valence-corrected chi connectivity index (χ0v) is 55.0. The summed E-state index contributed by atoms with van der Waals surface area (Å²) in [7, 11) is 0. The van der Waals surface area contributed by atoms with Gasteiger partial charge in [0, 0.05) is 19.3 Å². The van der Waals surface area contributed by atoms with Gasteiger partial charge in [-0.05, 0) is 109 Å². The molecule has 0 aliphatic heterocycles. The zero-order valence-electron chi connectivity index (χ0n) is 55.0. The van der Waals surface area contributed by atoms with Crippen LogP contribution in [0, 0.1) is 0 Å². The molecule has 0 aromatic rings. The van der Waals surface area contributed by atoms with Crippen molar-refractivity contribution in [3.8, 4) is 0 Å². The Labute approximate surface area is 510 Å². The first-order valence-corrected chi connectivity index (χ1v) is 36.3. The number of allylic oxidation sites excluding steroid dienone is 10. The van der Waals surface area contributed by atoms with Crippen molar-refractivity contribution in [1.82, 2.24) is 0 Å². The summed E-state index contributed by atoms with van der Waals surface area (Å²) in [6, 6.07) is 0. The van der Waals surface area contributed by atoms with Gasteiger partial charge < -0.3 is 14.2 Å². The van der Waals surface area contributed by atoms with Crippen molar-refractivity contribution < 1.29 is 28.6 Å². The van der Waals surface area contributed by atoms with Crippen LogP contribution in [0.1, 0.15) is 387 Å². The molecule has 0 saturated carbocycles. The second-order valence-electron chi connectivity index (χ2n) is 24.5. The van der Waals surface area contributed by atoms with Crippen molar-refractivity contribution in [1.29, 1.82) is 0 Å². The summed E-state index contributed by atoms with van der Waals surface area (Å²) in [6.45, 7) is 6.65. The molecule has 0 rings (SSSR count). The second kappa shape index (κ2) is 70.6. The molecule has 82 heavy (non-hydrogen) atoms. The summed E-state index contributed by atoms with van der Waals surface area (Å²) in [5.74, 6) is -0.869. The van der Waals surface area contributed by atoms with E-state index < -0.39 is 6.10 Å². The van der Waals surface area contributed by atoms with Crippen LogP contribution in [-0.2, 0) is 28.6 Å². The molecule has 1 atom stereocenters. The molecule has 0 aliphatic carbocycles. The van der Waals surface area contributed by atoms with E-state index in [0.717, 1.165) is 83.5 Å². The van der Waals surface area contributed by atoms with E-state index in [2.05, 4.69) is 81.5 Å². The van der Waals surface area contributed by atoms with Gasteiger partial charge in [-0.1, -0.05) is 319 Å². The molecule has 6 nitrogen and oxygen atoms in total. The lowest BCUT2D eigenvalue weighted by Crippen LogP contribution is -2.30. The van der Waals surface area contributed by atoms with E-state index in [1.165, 1.54) is 263 Å². The molecule has 1 unspecified atom stereocenters. The van der Waals surface area contributed by atoms with Crippen molar-refractivity contribution >= 4 is 17.9 Å². The van der Waals surface area contributed by atoms with E-state index in [4.69, 9.17) is 14.2 Å². The lowest BCUT2D eigenvalue weighted by molar-refractivity contribution is -0.167. The number of ether oxygens (including phenoxy) is 3. The summed E-state index contributed by atoms with van der Waals surface area (Å²) in [6.07, 6.45) is 91.1. The number of hydrogen-bond donors (Lipinski definition) is 0. The summed E-state index contributed by atoms with van der Waals surface area (Å²) >= 11 is 0. The first kappa shape index (κ1) is 79.1. The van der Waals surface area contributed by atoms with E-state index in [9.17, 15) is 14.4 Å². The molecule has 6 heteroatoms. The van der Waals surface area contributed by atoms with Crippen LogP contribution < -0.4 is 0 Å². The first-order valence-electron chi connectivity index (χ1n) is 36.3. The Morgan fingerprint density at radius 2 is 0.439 bits per heavy atom. The molecule has 0 fully saturated rings. The fourth-order valence-electron chi connectivity index (χ4n) is 10.7. The third-order valence-corrected chi connectivity index (χ3v) is 16.2. The van der Waals surface area contributed by atoms with E-state index >= 15 is 0 Å². The Balaban J connectivity index is 4.26. The van der Waals surface area contributed by atoms with Gasteiger partial charge in [0.2, 0.25) is 0 Å². The number of carbonyl (C=O) groups excluding carboxylic acids is 3. The third kappa shape index (κ3) is 67.9. The van der Waals surface area contributed by atoms with Gasteiger partial charge in [-0.2, -0.15) is 0 Å². The maximum absolute atomic E-state index is 13.0. The van der Waals surface area contributed by atoms with Crippen molar-refractivity contribution in [2.45, 2.75) is 393 Å². The third-order valence-electron chi connectivity index (χ3n) is 16.2. The van der Waals surface area contributed by atoms with Gasteiger partial charge in [-0.3, -0.25) is 14.4 Å². The Bertz CT molecular complexity index is 1460. The van der Waals surface area contributed by atoms with Crippen molar-refractivity contribution in [2.24, 2.45) is 0 Å². The molecule has 0 heterocycles. The Kier molecular flexibility index (Phi) is 68.1. The molecular formula is C76H138O6. The first-order chi connectivity index (χ1) is 40.5. The lowest BCUT2D eigenvalue weighted by Gasteiger charge is -2.18. The summed E-state index contributed by atoms with van der Waals surface area (Å²) < 4.78 is 17.0. The molecule has 0 N–H and O–H groups in total. The quantitative estimate of drug-likeness (QED) is 0.0261. The maximum Gasteiger partial charge on any atom is 0.306 e. The maximum atomic E-state index is 13.0. The van der Waals surface area contributed by atoms with Gasteiger partial charge in [0.05, 0.1) is 0 Å². The summed E-state index contributed by atoms with van der Waals surface area (Å²) in [5.41, 5.74) is 0. The van der Waals surface area contributed by atoms with Crippen molar-refractivity contribution in [3.05, 3.63) is 60.8 Å². The highest BCUT2D eigenvalue weighted by Crippen LogP contribution is 2.18. The minimum atomic E-state index is -0.783. The highest BCUT2D eigenvalue weighted by molar-refractivity contribution is 5.71.